The number of rotatable bonds is 7. The SMILES string of the molecule is Cc1ccccc1-n1c(=O)c2ccccc2n2c(SCCCC(=O)c3ccccc3)nnc12. The van der Waals surface area contributed by atoms with Crippen LogP contribution in [0.3, 0.4) is 0 Å². The molecule has 164 valence electrons. The van der Waals surface area contributed by atoms with E-state index < -0.39 is 0 Å². The molecule has 0 N–H and O–H groups in total. The zero-order valence-electron chi connectivity index (χ0n) is 18.1. The number of carbonyl (C=O) groups excluding carboxylic acids is 1. The summed E-state index contributed by atoms with van der Waals surface area (Å²) in [7, 11) is 0. The second-order valence-corrected chi connectivity index (χ2v) is 8.87. The van der Waals surface area contributed by atoms with Crippen molar-refractivity contribution < 1.29 is 4.79 Å². The van der Waals surface area contributed by atoms with Gasteiger partial charge in [0.1, 0.15) is 0 Å². The summed E-state index contributed by atoms with van der Waals surface area (Å²) in [6.45, 7) is 1.98. The Morgan fingerprint density at radius 2 is 1.64 bits per heavy atom. The highest BCUT2D eigenvalue weighted by atomic mass is 32.2. The van der Waals surface area contributed by atoms with Gasteiger partial charge in [-0.3, -0.25) is 14.0 Å². The Morgan fingerprint density at radius 1 is 0.909 bits per heavy atom. The number of Topliss-reactive ketones (excluding diaryl/α,β-unsaturated/α-hetero) is 1. The molecule has 0 saturated carbocycles. The van der Waals surface area contributed by atoms with E-state index in [1.807, 2.05) is 90.2 Å². The van der Waals surface area contributed by atoms with Crippen LogP contribution in [-0.4, -0.2) is 30.7 Å². The number of aryl methyl sites for hydroxylation is 1. The van der Waals surface area contributed by atoms with Gasteiger partial charge in [-0.15, -0.1) is 10.2 Å². The van der Waals surface area contributed by atoms with Crippen molar-refractivity contribution in [3.05, 3.63) is 100 Å². The van der Waals surface area contributed by atoms with Gasteiger partial charge in [-0.05, 0) is 37.1 Å². The summed E-state index contributed by atoms with van der Waals surface area (Å²) in [5.41, 5.74) is 3.16. The zero-order valence-corrected chi connectivity index (χ0v) is 19.0. The first-order valence-corrected chi connectivity index (χ1v) is 11.8. The predicted octanol–water partition coefficient (Wildman–Crippen LogP) is 5.10. The van der Waals surface area contributed by atoms with Crippen LogP contribution in [0.15, 0.2) is 88.8 Å². The van der Waals surface area contributed by atoms with Gasteiger partial charge >= 0.3 is 0 Å². The number of nitrogens with zero attached hydrogens (tertiary/aromatic N) is 4. The van der Waals surface area contributed by atoms with Crippen LogP contribution >= 0.6 is 11.8 Å². The van der Waals surface area contributed by atoms with E-state index in [0.29, 0.717) is 22.7 Å². The van der Waals surface area contributed by atoms with Gasteiger partial charge in [-0.2, -0.15) is 0 Å². The topological polar surface area (TPSA) is 69.3 Å². The molecule has 5 aromatic rings. The number of thioether (sulfide) groups is 1. The largest absolute Gasteiger partial charge is 0.294 e. The van der Waals surface area contributed by atoms with Gasteiger partial charge in [0.25, 0.3) is 5.56 Å². The number of fused-ring (bicyclic) bond motifs is 3. The summed E-state index contributed by atoms with van der Waals surface area (Å²) >= 11 is 1.54. The highest BCUT2D eigenvalue weighted by Gasteiger charge is 2.18. The van der Waals surface area contributed by atoms with Crippen molar-refractivity contribution in [3.63, 3.8) is 0 Å². The van der Waals surface area contributed by atoms with Crippen LogP contribution in [0.25, 0.3) is 22.4 Å². The monoisotopic (exact) mass is 454 g/mol. The van der Waals surface area contributed by atoms with Crippen LogP contribution in [0, 0.1) is 6.92 Å². The number of ketones is 1. The lowest BCUT2D eigenvalue weighted by Crippen LogP contribution is -2.22. The van der Waals surface area contributed by atoms with Crippen LogP contribution < -0.4 is 5.56 Å². The van der Waals surface area contributed by atoms with Crippen LogP contribution in [0.1, 0.15) is 28.8 Å². The summed E-state index contributed by atoms with van der Waals surface area (Å²) in [5, 5.41) is 10.1. The van der Waals surface area contributed by atoms with Gasteiger partial charge < -0.3 is 0 Å². The highest BCUT2D eigenvalue weighted by Crippen LogP contribution is 2.25. The number of hydrogen-bond acceptors (Lipinski definition) is 5. The smallest absolute Gasteiger partial charge is 0.267 e. The van der Waals surface area contributed by atoms with Crippen molar-refractivity contribution in [2.75, 3.05) is 5.75 Å². The number of benzene rings is 3. The molecular weight excluding hydrogens is 432 g/mol. The second-order valence-electron chi connectivity index (χ2n) is 7.80. The number of aromatic nitrogens is 4. The molecule has 2 aromatic heterocycles. The van der Waals surface area contributed by atoms with E-state index in [0.717, 1.165) is 34.5 Å². The Labute approximate surface area is 194 Å². The quantitative estimate of drug-likeness (QED) is 0.194. The minimum atomic E-state index is -0.121. The molecule has 0 aliphatic carbocycles. The van der Waals surface area contributed by atoms with Crippen molar-refractivity contribution >= 4 is 34.2 Å². The van der Waals surface area contributed by atoms with Gasteiger partial charge in [-0.25, -0.2) is 4.57 Å². The number of hydrogen-bond donors (Lipinski definition) is 0. The minimum Gasteiger partial charge on any atom is -0.294 e. The maximum Gasteiger partial charge on any atom is 0.267 e. The van der Waals surface area contributed by atoms with Gasteiger partial charge in [0.2, 0.25) is 5.78 Å². The van der Waals surface area contributed by atoms with E-state index in [1.54, 1.807) is 16.3 Å². The molecule has 2 heterocycles. The molecule has 0 amide bonds. The third-order valence-electron chi connectivity index (χ3n) is 5.63. The Balaban J connectivity index is 1.49. The van der Waals surface area contributed by atoms with E-state index in [4.69, 9.17) is 0 Å². The summed E-state index contributed by atoms with van der Waals surface area (Å²) < 4.78 is 3.57. The van der Waals surface area contributed by atoms with E-state index in [-0.39, 0.29) is 11.3 Å². The van der Waals surface area contributed by atoms with E-state index in [1.165, 1.54) is 0 Å². The lowest BCUT2D eigenvalue weighted by atomic mass is 10.1. The number of carbonyl (C=O) groups is 1. The van der Waals surface area contributed by atoms with E-state index in [9.17, 15) is 9.59 Å². The average Bonchev–Trinajstić information content (AvgIpc) is 3.27. The van der Waals surface area contributed by atoms with Gasteiger partial charge in [0.15, 0.2) is 10.9 Å². The highest BCUT2D eigenvalue weighted by molar-refractivity contribution is 7.99. The maximum absolute atomic E-state index is 13.4. The van der Waals surface area contributed by atoms with E-state index in [2.05, 4.69) is 10.2 Å². The van der Waals surface area contributed by atoms with Gasteiger partial charge in [0.05, 0.1) is 16.6 Å². The minimum absolute atomic E-state index is 0.121. The molecule has 7 heteroatoms. The Bertz CT molecular complexity index is 1520. The third kappa shape index (κ3) is 3.96. The van der Waals surface area contributed by atoms with Crippen molar-refractivity contribution in [1.82, 2.24) is 19.2 Å². The molecule has 0 radical (unpaired) electrons. The van der Waals surface area contributed by atoms with Crippen LogP contribution in [0.5, 0.6) is 0 Å². The van der Waals surface area contributed by atoms with Crippen molar-refractivity contribution in [2.24, 2.45) is 0 Å². The van der Waals surface area contributed by atoms with Gasteiger partial charge in [0, 0.05) is 17.7 Å². The maximum atomic E-state index is 13.4. The summed E-state index contributed by atoms with van der Waals surface area (Å²) in [6.07, 6.45) is 1.20. The summed E-state index contributed by atoms with van der Waals surface area (Å²) in [6, 6.07) is 24.6. The van der Waals surface area contributed by atoms with Crippen LogP contribution in [-0.2, 0) is 0 Å². The molecule has 0 unspecified atom stereocenters. The van der Waals surface area contributed by atoms with Crippen molar-refractivity contribution in [2.45, 2.75) is 24.9 Å². The van der Waals surface area contributed by atoms with Crippen LogP contribution in [0.4, 0.5) is 0 Å². The Kier molecular flexibility index (Phi) is 5.79. The van der Waals surface area contributed by atoms with Crippen LogP contribution in [0.2, 0.25) is 0 Å². The first-order valence-electron chi connectivity index (χ1n) is 10.8. The molecule has 0 atom stereocenters. The molecule has 0 aliphatic heterocycles. The summed E-state index contributed by atoms with van der Waals surface area (Å²) in [4.78, 5) is 25.8. The average molecular weight is 455 g/mol. The zero-order chi connectivity index (χ0) is 22.8. The normalized spacial score (nSPS) is 11.3. The van der Waals surface area contributed by atoms with Crippen molar-refractivity contribution in [1.29, 1.82) is 0 Å². The summed E-state index contributed by atoms with van der Waals surface area (Å²) in [5.74, 6) is 1.34. The Morgan fingerprint density at radius 3 is 2.45 bits per heavy atom. The fourth-order valence-corrected chi connectivity index (χ4v) is 4.85. The predicted molar refractivity (Wildman–Crippen MR) is 132 cm³/mol. The first-order chi connectivity index (χ1) is 16.1. The molecule has 0 fully saturated rings. The lowest BCUT2D eigenvalue weighted by molar-refractivity contribution is 0.0982. The fourth-order valence-electron chi connectivity index (χ4n) is 3.97. The lowest BCUT2D eigenvalue weighted by Gasteiger charge is -2.13. The molecule has 0 spiro atoms. The Hall–Kier alpha value is -3.71. The van der Waals surface area contributed by atoms with Gasteiger partial charge in [-0.1, -0.05) is 72.4 Å². The molecule has 5 rings (SSSR count). The third-order valence-corrected chi connectivity index (χ3v) is 6.64. The molecular formula is C26H22N4O2S. The first kappa shape index (κ1) is 21.2. The molecule has 0 saturated heterocycles. The van der Waals surface area contributed by atoms with E-state index >= 15 is 0 Å². The second kappa shape index (κ2) is 9.03. The molecule has 6 nitrogen and oxygen atoms in total. The molecule has 0 aliphatic rings. The number of para-hydroxylation sites is 2. The standard InChI is InChI=1S/C26H22N4O2S/c1-18-10-5-7-14-21(18)29-24(32)20-13-6-8-15-22(20)30-25(29)27-28-26(30)33-17-9-16-23(31)19-11-3-2-4-12-19/h2-8,10-15H,9,16-17H2,1H3. The molecule has 0 bridgehead atoms. The molecule has 3 aromatic carbocycles. The van der Waals surface area contributed by atoms with Crippen molar-refractivity contribution in [3.8, 4) is 5.69 Å². The fraction of sp³-hybridized carbons (Fsp3) is 0.154. The molecule has 33 heavy (non-hydrogen) atoms.